The van der Waals surface area contributed by atoms with Gasteiger partial charge in [-0.3, -0.25) is 0 Å². The summed E-state index contributed by atoms with van der Waals surface area (Å²) < 4.78 is 8.44. The zero-order valence-corrected chi connectivity index (χ0v) is 10.9. The number of hydrogen-bond acceptors (Lipinski definition) is 4. The van der Waals surface area contributed by atoms with Gasteiger partial charge in [0.25, 0.3) is 0 Å². The lowest BCUT2D eigenvalue weighted by Gasteiger charge is -2.22. The first-order valence-corrected chi connectivity index (χ1v) is 6.44. The molecule has 6 heteroatoms. The van der Waals surface area contributed by atoms with Gasteiger partial charge in [0.05, 0.1) is 12.7 Å². The molecule has 2 aromatic heterocycles. The summed E-state index contributed by atoms with van der Waals surface area (Å²) in [7, 11) is 0. The molecule has 2 aromatic rings. The zero-order valence-electron chi connectivity index (χ0n) is 9.27. The molecule has 1 atom stereocenters. The van der Waals surface area contributed by atoms with Gasteiger partial charge >= 0.3 is 0 Å². The van der Waals surface area contributed by atoms with Gasteiger partial charge in [0.15, 0.2) is 11.5 Å². The smallest absolute Gasteiger partial charge is 0.156 e. The van der Waals surface area contributed by atoms with Gasteiger partial charge in [0, 0.05) is 30.2 Å². The van der Waals surface area contributed by atoms with E-state index < -0.39 is 0 Å². The van der Waals surface area contributed by atoms with Crippen molar-refractivity contribution in [1.29, 1.82) is 0 Å². The van der Waals surface area contributed by atoms with Crippen LogP contribution in [-0.2, 0) is 11.2 Å². The van der Waals surface area contributed by atoms with Crippen molar-refractivity contribution in [2.75, 3.05) is 19.7 Å². The Labute approximate surface area is 107 Å². The van der Waals surface area contributed by atoms with Crippen LogP contribution in [0.25, 0.3) is 5.65 Å². The third kappa shape index (κ3) is 2.48. The molecule has 0 radical (unpaired) electrons. The Kier molecular flexibility index (Phi) is 3.09. The number of ether oxygens (including phenoxy) is 1. The maximum atomic E-state index is 5.64. The summed E-state index contributed by atoms with van der Waals surface area (Å²) in [4.78, 5) is 4.48. The third-order valence-corrected chi connectivity index (χ3v) is 3.25. The average Bonchev–Trinajstić information content (AvgIpc) is 2.71. The monoisotopic (exact) mass is 296 g/mol. The van der Waals surface area contributed by atoms with Crippen molar-refractivity contribution < 1.29 is 4.74 Å². The molecule has 0 amide bonds. The highest BCUT2D eigenvalue weighted by Crippen LogP contribution is 2.12. The van der Waals surface area contributed by atoms with E-state index in [9.17, 15) is 0 Å². The van der Waals surface area contributed by atoms with Crippen LogP contribution in [-0.4, -0.2) is 40.4 Å². The van der Waals surface area contributed by atoms with Gasteiger partial charge in [-0.05, 0) is 12.1 Å². The molecule has 1 fully saturated rings. The first kappa shape index (κ1) is 11.1. The molecule has 0 aromatic carbocycles. The number of rotatable bonds is 2. The van der Waals surface area contributed by atoms with Gasteiger partial charge in [0.2, 0.25) is 0 Å². The second-order valence-electron chi connectivity index (χ2n) is 4.08. The quantitative estimate of drug-likeness (QED) is 0.899. The van der Waals surface area contributed by atoms with Crippen LogP contribution < -0.4 is 5.32 Å². The lowest BCUT2D eigenvalue weighted by Crippen LogP contribution is -2.39. The molecule has 90 valence electrons. The number of aromatic nitrogens is 3. The van der Waals surface area contributed by atoms with Crippen LogP contribution in [0.2, 0.25) is 0 Å². The number of fused-ring (bicyclic) bond motifs is 1. The van der Waals surface area contributed by atoms with Gasteiger partial charge in [-0.1, -0.05) is 15.9 Å². The van der Waals surface area contributed by atoms with Gasteiger partial charge in [-0.15, -0.1) is 0 Å². The predicted molar refractivity (Wildman–Crippen MR) is 67.0 cm³/mol. The summed E-state index contributed by atoms with van der Waals surface area (Å²) in [5.74, 6) is 0.830. The van der Waals surface area contributed by atoms with E-state index >= 15 is 0 Å². The molecule has 3 rings (SSSR count). The molecule has 5 nitrogen and oxygen atoms in total. The van der Waals surface area contributed by atoms with Crippen LogP contribution in [0.4, 0.5) is 0 Å². The standard InChI is InChI=1S/C11H13BrN4O/c12-8-1-3-16-11(5-8)14-10(15-16)6-9-7-13-2-4-17-9/h1,3,5,9,13H,2,4,6-7H2. The summed E-state index contributed by atoms with van der Waals surface area (Å²) in [5.41, 5.74) is 0.859. The summed E-state index contributed by atoms with van der Waals surface area (Å²) in [6.45, 7) is 2.57. The minimum atomic E-state index is 0.185. The normalized spacial score (nSPS) is 20.9. The first-order valence-electron chi connectivity index (χ1n) is 5.64. The fourth-order valence-corrected chi connectivity index (χ4v) is 2.27. The largest absolute Gasteiger partial charge is 0.375 e. The third-order valence-electron chi connectivity index (χ3n) is 2.76. The van der Waals surface area contributed by atoms with E-state index in [1.165, 1.54) is 0 Å². The lowest BCUT2D eigenvalue weighted by molar-refractivity contribution is 0.0281. The number of morpholine rings is 1. The summed E-state index contributed by atoms with van der Waals surface area (Å²) in [6, 6.07) is 3.90. The van der Waals surface area contributed by atoms with E-state index in [4.69, 9.17) is 4.74 Å². The van der Waals surface area contributed by atoms with Gasteiger partial charge in [0.1, 0.15) is 0 Å². The molecule has 0 spiro atoms. The van der Waals surface area contributed by atoms with Crippen molar-refractivity contribution >= 4 is 21.6 Å². The van der Waals surface area contributed by atoms with Crippen LogP contribution in [0.3, 0.4) is 0 Å². The Bertz CT molecular complexity index is 521. The second-order valence-corrected chi connectivity index (χ2v) is 4.99. The molecule has 0 bridgehead atoms. The highest BCUT2D eigenvalue weighted by Gasteiger charge is 2.16. The predicted octanol–water partition coefficient (Wildman–Crippen LogP) is 1.02. The Morgan fingerprint density at radius 3 is 3.35 bits per heavy atom. The molecule has 3 heterocycles. The molecule has 17 heavy (non-hydrogen) atoms. The van der Waals surface area contributed by atoms with E-state index in [-0.39, 0.29) is 6.10 Å². The zero-order chi connectivity index (χ0) is 11.7. The van der Waals surface area contributed by atoms with Crippen LogP contribution >= 0.6 is 15.9 Å². The van der Waals surface area contributed by atoms with Crippen LogP contribution in [0.5, 0.6) is 0 Å². The van der Waals surface area contributed by atoms with Gasteiger partial charge < -0.3 is 10.1 Å². The summed E-state index contributed by atoms with van der Waals surface area (Å²) in [6.07, 6.45) is 2.84. The molecule has 1 aliphatic heterocycles. The minimum absolute atomic E-state index is 0.185. The van der Waals surface area contributed by atoms with E-state index in [1.54, 1.807) is 4.52 Å². The Morgan fingerprint density at radius 1 is 1.59 bits per heavy atom. The SMILES string of the molecule is Brc1ccn2nc(CC3CNCCO3)nc2c1. The van der Waals surface area contributed by atoms with Crippen molar-refractivity contribution in [2.45, 2.75) is 12.5 Å². The van der Waals surface area contributed by atoms with E-state index in [2.05, 4.69) is 31.3 Å². The minimum Gasteiger partial charge on any atom is -0.375 e. The van der Waals surface area contributed by atoms with Crippen molar-refractivity contribution in [3.05, 3.63) is 28.6 Å². The van der Waals surface area contributed by atoms with E-state index in [1.807, 2.05) is 18.3 Å². The molecular formula is C11H13BrN4O. The second kappa shape index (κ2) is 4.72. The molecular weight excluding hydrogens is 284 g/mol. The molecule has 1 aliphatic rings. The number of hydrogen-bond donors (Lipinski definition) is 1. The molecule has 1 N–H and O–H groups in total. The van der Waals surface area contributed by atoms with Crippen LogP contribution in [0.1, 0.15) is 5.82 Å². The van der Waals surface area contributed by atoms with Gasteiger partial charge in [-0.2, -0.15) is 5.10 Å². The summed E-state index contributed by atoms with van der Waals surface area (Å²) in [5, 5.41) is 7.73. The van der Waals surface area contributed by atoms with Crippen molar-refractivity contribution in [3.63, 3.8) is 0 Å². The highest BCUT2D eigenvalue weighted by atomic mass is 79.9. The molecule has 1 saturated heterocycles. The number of halogens is 1. The maximum absolute atomic E-state index is 5.64. The fourth-order valence-electron chi connectivity index (χ4n) is 1.94. The lowest BCUT2D eigenvalue weighted by atomic mass is 10.2. The van der Waals surface area contributed by atoms with E-state index in [0.717, 1.165) is 42.1 Å². The molecule has 0 saturated carbocycles. The van der Waals surface area contributed by atoms with E-state index in [0.29, 0.717) is 0 Å². The Balaban J connectivity index is 1.80. The van der Waals surface area contributed by atoms with Crippen LogP contribution in [0.15, 0.2) is 22.8 Å². The number of nitrogens with zero attached hydrogens (tertiary/aromatic N) is 3. The highest BCUT2D eigenvalue weighted by molar-refractivity contribution is 9.10. The van der Waals surface area contributed by atoms with Crippen molar-refractivity contribution in [1.82, 2.24) is 19.9 Å². The van der Waals surface area contributed by atoms with Gasteiger partial charge in [-0.25, -0.2) is 9.50 Å². The Hall–Kier alpha value is -0.980. The number of pyridine rings is 1. The number of nitrogens with one attached hydrogen (secondary N) is 1. The molecule has 0 aliphatic carbocycles. The maximum Gasteiger partial charge on any atom is 0.156 e. The molecule has 1 unspecified atom stereocenters. The van der Waals surface area contributed by atoms with Crippen molar-refractivity contribution in [2.24, 2.45) is 0 Å². The fraction of sp³-hybridized carbons (Fsp3) is 0.455. The van der Waals surface area contributed by atoms with Crippen LogP contribution in [0, 0.1) is 0 Å². The van der Waals surface area contributed by atoms with Crippen molar-refractivity contribution in [3.8, 4) is 0 Å². The summed E-state index contributed by atoms with van der Waals surface area (Å²) >= 11 is 3.42. The first-order chi connectivity index (χ1) is 8.31. The Morgan fingerprint density at radius 2 is 2.53 bits per heavy atom. The average molecular weight is 297 g/mol. The topological polar surface area (TPSA) is 51.5 Å².